The molecule has 0 saturated carbocycles. The minimum Gasteiger partial charge on any atom is -0.378 e. The van der Waals surface area contributed by atoms with Crippen LogP contribution in [0.5, 0.6) is 0 Å². The molecule has 1 aromatic rings. The Bertz CT molecular complexity index is 403. The Balaban J connectivity index is 3.01. The first kappa shape index (κ1) is 15.2. The van der Waals surface area contributed by atoms with Gasteiger partial charge < -0.3 is 4.74 Å². The molecular weight excluding hydrogens is 226 g/mol. The van der Waals surface area contributed by atoms with E-state index in [2.05, 4.69) is 51.9 Å². The summed E-state index contributed by atoms with van der Waals surface area (Å²) in [5.41, 5.74) is 0.819. The molecule has 0 spiro atoms. The van der Waals surface area contributed by atoms with Gasteiger partial charge >= 0.3 is 0 Å². The zero-order valence-electron chi connectivity index (χ0n) is 13.0. The van der Waals surface area contributed by atoms with E-state index in [4.69, 9.17) is 4.74 Å². The highest BCUT2D eigenvalue weighted by atomic mass is 16.5. The first-order valence-corrected chi connectivity index (χ1v) is 6.44. The van der Waals surface area contributed by atoms with Crippen LogP contribution in [0, 0.1) is 5.41 Å². The first-order valence-electron chi connectivity index (χ1n) is 6.44. The Morgan fingerprint density at radius 2 is 1.72 bits per heavy atom. The quantitative estimate of drug-likeness (QED) is 0.828. The lowest BCUT2D eigenvalue weighted by Gasteiger charge is -2.44. The number of methoxy groups -OCH3 is 1. The second kappa shape index (κ2) is 4.65. The van der Waals surface area contributed by atoms with E-state index in [-0.39, 0.29) is 16.4 Å². The van der Waals surface area contributed by atoms with Crippen LogP contribution in [0.1, 0.15) is 53.7 Å². The third-order valence-electron chi connectivity index (χ3n) is 4.11. The predicted molar refractivity (Wildman–Crippen MR) is 73.5 cm³/mol. The molecule has 0 amide bonds. The van der Waals surface area contributed by atoms with E-state index in [9.17, 15) is 0 Å². The summed E-state index contributed by atoms with van der Waals surface area (Å²) in [6.45, 7) is 13.2. The first-order chi connectivity index (χ1) is 8.02. The zero-order chi connectivity index (χ0) is 14.2. The third-order valence-corrected chi connectivity index (χ3v) is 4.11. The number of nitrogens with zero attached hydrogens (tertiary/aromatic N) is 3. The van der Waals surface area contributed by atoms with Crippen molar-refractivity contribution in [1.29, 1.82) is 0 Å². The Hall–Kier alpha value is -0.900. The van der Waals surface area contributed by atoms with Gasteiger partial charge in [0.1, 0.15) is 0 Å². The maximum atomic E-state index is 5.81. The smallest absolute Gasteiger partial charge is 0.0884 e. The summed E-state index contributed by atoms with van der Waals surface area (Å²) in [5.74, 6) is 0. The van der Waals surface area contributed by atoms with Gasteiger partial charge in [0, 0.05) is 25.8 Å². The van der Waals surface area contributed by atoms with Crippen molar-refractivity contribution in [3.63, 3.8) is 0 Å². The number of ether oxygens (including phenoxy) is 1. The van der Waals surface area contributed by atoms with Crippen molar-refractivity contribution in [3.8, 4) is 0 Å². The maximum absolute atomic E-state index is 5.81. The van der Waals surface area contributed by atoms with Crippen LogP contribution in [-0.4, -0.2) is 27.7 Å². The van der Waals surface area contributed by atoms with Crippen LogP contribution in [-0.2, 0) is 17.2 Å². The lowest BCUT2D eigenvalue weighted by atomic mass is 9.68. The van der Waals surface area contributed by atoms with Gasteiger partial charge in [0.25, 0.3) is 0 Å². The van der Waals surface area contributed by atoms with Crippen LogP contribution < -0.4 is 0 Å². The van der Waals surface area contributed by atoms with E-state index < -0.39 is 0 Å². The fraction of sp³-hybridized carbons (Fsp3) is 0.857. The van der Waals surface area contributed by atoms with Gasteiger partial charge in [-0.05, 0) is 18.8 Å². The SMILES string of the molecule is COC(C)(CC(C)(C)c1cn(C)nn1)C(C)(C)C. The van der Waals surface area contributed by atoms with Crippen LogP contribution in [0.3, 0.4) is 0 Å². The molecule has 0 fully saturated rings. The Morgan fingerprint density at radius 3 is 2.06 bits per heavy atom. The summed E-state index contributed by atoms with van der Waals surface area (Å²) in [5, 5.41) is 8.27. The van der Waals surface area contributed by atoms with Crippen LogP contribution in [0.15, 0.2) is 6.20 Å². The molecule has 0 saturated heterocycles. The molecule has 1 aromatic heterocycles. The summed E-state index contributed by atoms with van der Waals surface area (Å²) in [4.78, 5) is 0. The average Bonchev–Trinajstić information content (AvgIpc) is 2.63. The van der Waals surface area contributed by atoms with Gasteiger partial charge in [-0.2, -0.15) is 0 Å². The van der Waals surface area contributed by atoms with Gasteiger partial charge in [-0.25, -0.2) is 0 Å². The van der Waals surface area contributed by atoms with Crippen molar-refractivity contribution in [2.24, 2.45) is 12.5 Å². The highest BCUT2D eigenvalue weighted by Crippen LogP contribution is 2.42. The van der Waals surface area contributed by atoms with Gasteiger partial charge in [0.05, 0.1) is 11.3 Å². The Labute approximate surface area is 111 Å². The summed E-state index contributed by atoms with van der Waals surface area (Å²) < 4.78 is 7.56. The molecule has 4 heteroatoms. The fourth-order valence-electron chi connectivity index (χ4n) is 2.23. The van der Waals surface area contributed by atoms with Gasteiger partial charge in [-0.3, -0.25) is 4.68 Å². The van der Waals surface area contributed by atoms with Gasteiger partial charge in [0.2, 0.25) is 0 Å². The molecule has 4 nitrogen and oxygen atoms in total. The molecule has 0 N–H and O–H groups in total. The zero-order valence-corrected chi connectivity index (χ0v) is 13.0. The lowest BCUT2D eigenvalue weighted by molar-refractivity contribution is -0.0945. The third kappa shape index (κ3) is 2.91. The van der Waals surface area contributed by atoms with E-state index in [1.807, 2.05) is 13.2 Å². The van der Waals surface area contributed by atoms with Gasteiger partial charge in [-0.15, -0.1) is 5.10 Å². The second-order valence-corrected chi connectivity index (χ2v) is 7.02. The number of aromatic nitrogens is 3. The van der Waals surface area contributed by atoms with Crippen LogP contribution >= 0.6 is 0 Å². The van der Waals surface area contributed by atoms with Crippen molar-refractivity contribution in [2.75, 3.05) is 7.11 Å². The predicted octanol–water partition coefficient (Wildman–Crippen LogP) is 2.93. The highest BCUT2D eigenvalue weighted by Gasteiger charge is 2.43. The van der Waals surface area contributed by atoms with Crippen LogP contribution in [0.4, 0.5) is 0 Å². The summed E-state index contributed by atoms with van der Waals surface area (Å²) in [6, 6.07) is 0. The van der Waals surface area contributed by atoms with Crippen LogP contribution in [0.25, 0.3) is 0 Å². The number of rotatable bonds is 4. The maximum Gasteiger partial charge on any atom is 0.0884 e. The minimum atomic E-state index is -0.200. The Kier molecular flexibility index (Phi) is 3.92. The lowest BCUT2D eigenvalue weighted by Crippen LogP contribution is -2.46. The fourth-order valence-corrected chi connectivity index (χ4v) is 2.23. The average molecular weight is 253 g/mol. The Morgan fingerprint density at radius 1 is 1.17 bits per heavy atom. The van der Waals surface area contributed by atoms with Crippen molar-refractivity contribution in [3.05, 3.63) is 11.9 Å². The van der Waals surface area contributed by atoms with E-state index in [1.165, 1.54) is 0 Å². The minimum absolute atomic E-state index is 0.0632. The number of aryl methyl sites for hydroxylation is 1. The second-order valence-electron chi connectivity index (χ2n) is 7.02. The molecule has 0 aliphatic heterocycles. The molecule has 0 aliphatic rings. The molecule has 0 bridgehead atoms. The van der Waals surface area contributed by atoms with Gasteiger partial charge in [-0.1, -0.05) is 39.8 Å². The molecule has 104 valence electrons. The standard InChI is InChI=1S/C14H27N3O/c1-12(2,3)14(6,18-8)10-13(4,5)11-9-17(7)16-15-11/h9H,10H2,1-8H3. The molecule has 1 heterocycles. The van der Waals surface area contributed by atoms with E-state index in [0.717, 1.165) is 12.1 Å². The van der Waals surface area contributed by atoms with Crippen molar-refractivity contribution in [2.45, 2.75) is 59.0 Å². The van der Waals surface area contributed by atoms with E-state index in [0.29, 0.717) is 0 Å². The molecule has 1 rings (SSSR count). The normalized spacial score (nSPS) is 16.7. The number of hydrogen-bond acceptors (Lipinski definition) is 3. The largest absolute Gasteiger partial charge is 0.378 e. The summed E-state index contributed by atoms with van der Waals surface area (Å²) >= 11 is 0. The van der Waals surface area contributed by atoms with Crippen LogP contribution in [0.2, 0.25) is 0 Å². The molecule has 1 unspecified atom stereocenters. The summed E-state index contributed by atoms with van der Waals surface area (Å²) in [6.07, 6.45) is 2.89. The highest BCUT2D eigenvalue weighted by molar-refractivity contribution is 5.11. The van der Waals surface area contributed by atoms with E-state index >= 15 is 0 Å². The molecule has 0 radical (unpaired) electrons. The van der Waals surface area contributed by atoms with Gasteiger partial charge in [0.15, 0.2) is 0 Å². The van der Waals surface area contributed by atoms with Crippen molar-refractivity contribution >= 4 is 0 Å². The topological polar surface area (TPSA) is 39.9 Å². The molecular formula is C14H27N3O. The number of hydrogen-bond donors (Lipinski definition) is 0. The summed E-state index contributed by atoms with van der Waals surface area (Å²) in [7, 11) is 3.68. The molecule has 18 heavy (non-hydrogen) atoms. The monoisotopic (exact) mass is 253 g/mol. The van der Waals surface area contributed by atoms with E-state index in [1.54, 1.807) is 11.8 Å². The molecule has 0 aliphatic carbocycles. The van der Waals surface area contributed by atoms with Crippen molar-refractivity contribution < 1.29 is 4.74 Å². The van der Waals surface area contributed by atoms with Crippen molar-refractivity contribution in [1.82, 2.24) is 15.0 Å². The molecule has 1 atom stereocenters. The molecule has 0 aromatic carbocycles.